The van der Waals surface area contributed by atoms with E-state index >= 15 is 0 Å². The Labute approximate surface area is 183 Å². The number of carbonyl (C=O) groups is 1. The number of benzene rings is 2. The molecule has 0 bridgehead atoms. The van der Waals surface area contributed by atoms with Crippen molar-refractivity contribution >= 4 is 33.2 Å². The highest BCUT2D eigenvalue weighted by Gasteiger charge is 2.51. The molecule has 1 N–H and O–H groups in total. The number of fused-ring (bicyclic) bond motifs is 1. The number of carbonyl (C=O) groups excluding carboxylic acids is 1. The number of nitrogens with one attached hydrogen (secondary N) is 1. The third-order valence-corrected chi connectivity index (χ3v) is 8.94. The molecule has 2 fully saturated rings. The summed E-state index contributed by atoms with van der Waals surface area (Å²) in [6.45, 7) is 1.82. The highest BCUT2D eigenvalue weighted by Crippen LogP contribution is 2.53. The maximum absolute atomic E-state index is 13.7. The van der Waals surface area contributed by atoms with Gasteiger partial charge >= 0.3 is 0 Å². The number of anilines is 1. The molecule has 0 radical (unpaired) electrons. The second kappa shape index (κ2) is 8.33. The van der Waals surface area contributed by atoms with E-state index in [0.29, 0.717) is 18.7 Å². The second-order valence-corrected chi connectivity index (χ2v) is 11.0. The van der Waals surface area contributed by atoms with Crippen molar-refractivity contribution in [2.75, 3.05) is 11.9 Å². The summed E-state index contributed by atoms with van der Waals surface area (Å²) in [5, 5.41) is 2.67. The molecule has 2 aliphatic rings. The van der Waals surface area contributed by atoms with Gasteiger partial charge in [0.25, 0.3) is 0 Å². The van der Waals surface area contributed by atoms with E-state index in [-0.39, 0.29) is 27.6 Å². The topological polar surface area (TPSA) is 66.5 Å². The summed E-state index contributed by atoms with van der Waals surface area (Å²) in [6, 6.07) is 16.0. The van der Waals surface area contributed by atoms with Crippen molar-refractivity contribution in [3.8, 4) is 0 Å². The molecule has 1 aliphatic carbocycles. The lowest BCUT2D eigenvalue weighted by atomic mass is 9.69. The molecule has 5 nitrogen and oxygen atoms in total. The number of halogens is 1. The average molecular weight is 447 g/mol. The Morgan fingerprint density at radius 1 is 1.07 bits per heavy atom. The summed E-state index contributed by atoms with van der Waals surface area (Å²) in [5.41, 5.74) is 1.57. The predicted octanol–water partition coefficient (Wildman–Crippen LogP) is 4.95. The summed E-state index contributed by atoms with van der Waals surface area (Å²) in [4.78, 5) is 11.1. The van der Waals surface area contributed by atoms with Gasteiger partial charge in [-0.05, 0) is 55.0 Å². The third-order valence-electron chi connectivity index (χ3n) is 6.38. The van der Waals surface area contributed by atoms with Gasteiger partial charge in [-0.15, -0.1) is 11.6 Å². The van der Waals surface area contributed by atoms with Gasteiger partial charge in [-0.25, -0.2) is 8.42 Å². The monoisotopic (exact) mass is 446 g/mol. The van der Waals surface area contributed by atoms with Gasteiger partial charge in [0.15, 0.2) is 0 Å². The molecular formula is C23H27ClN2O3S. The molecule has 4 rings (SSSR count). The van der Waals surface area contributed by atoms with Crippen LogP contribution in [-0.2, 0) is 14.8 Å². The van der Waals surface area contributed by atoms with Gasteiger partial charge in [0.2, 0.25) is 15.9 Å². The van der Waals surface area contributed by atoms with Gasteiger partial charge < -0.3 is 5.32 Å². The fourth-order valence-electron chi connectivity index (χ4n) is 4.98. The van der Waals surface area contributed by atoms with Crippen molar-refractivity contribution in [3.63, 3.8) is 0 Å². The number of piperidine rings is 1. The van der Waals surface area contributed by atoms with Crippen molar-refractivity contribution in [3.05, 3.63) is 60.2 Å². The van der Waals surface area contributed by atoms with E-state index in [1.165, 1.54) is 6.92 Å². The zero-order valence-corrected chi connectivity index (χ0v) is 18.6. The Hall–Kier alpha value is -1.89. The second-order valence-electron chi connectivity index (χ2n) is 8.31. The molecule has 0 unspecified atom stereocenters. The zero-order valence-electron chi connectivity index (χ0n) is 17.1. The largest absolute Gasteiger partial charge is 0.326 e. The molecule has 160 valence electrons. The minimum atomic E-state index is -3.72. The lowest BCUT2D eigenvalue weighted by molar-refractivity contribution is -0.114. The smallest absolute Gasteiger partial charge is 0.243 e. The van der Waals surface area contributed by atoms with E-state index in [2.05, 4.69) is 5.32 Å². The predicted molar refractivity (Wildman–Crippen MR) is 119 cm³/mol. The molecular weight excluding hydrogens is 420 g/mol. The molecule has 7 heteroatoms. The number of amides is 1. The molecule has 1 amide bonds. The molecule has 2 aromatic rings. The van der Waals surface area contributed by atoms with E-state index < -0.39 is 10.0 Å². The van der Waals surface area contributed by atoms with Crippen LogP contribution in [-0.4, -0.2) is 30.0 Å². The van der Waals surface area contributed by atoms with Crippen LogP contribution in [0, 0.1) is 5.92 Å². The molecule has 3 atom stereocenters. The van der Waals surface area contributed by atoms with Gasteiger partial charge in [0.1, 0.15) is 0 Å². The lowest BCUT2D eigenvalue weighted by Gasteiger charge is -2.51. The fourth-order valence-corrected chi connectivity index (χ4v) is 7.08. The van der Waals surface area contributed by atoms with Crippen LogP contribution in [0.5, 0.6) is 0 Å². The van der Waals surface area contributed by atoms with Crippen molar-refractivity contribution in [2.45, 2.75) is 54.8 Å². The Morgan fingerprint density at radius 2 is 1.77 bits per heavy atom. The normalized spacial score (nSPS) is 27.3. The highest BCUT2D eigenvalue weighted by atomic mass is 35.5. The molecule has 2 aromatic carbocycles. The maximum Gasteiger partial charge on any atom is 0.243 e. The van der Waals surface area contributed by atoms with Gasteiger partial charge in [-0.2, -0.15) is 4.31 Å². The number of hydrogen-bond acceptors (Lipinski definition) is 3. The number of rotatable bonds is 4. The summed E-state index contributed by atoms with van der Waals surface area (Å²) < 4.78 is 29.0. The molecule has 1 saturated carbocycles. The average Bonchev–Trinajstić information content (AvgIpc) is 2.73. The summed E-state index contributed by atoms with van der Waals surface area (Å²) in [7, 11) is -3.72. The highest BCUT2D eigenvalue weighted by molar-refractivity contribution is 7.89. The van der Waals surface area contributed by atoms with Crippen LogP contribution >= 0.6 is 11.6 Å². The molecule has 30 heavy (non-hydrogen) atoms. The standard InChI is InChI=1S/C23H27ClN2O3S/c1-17(27)25-19-10-12-20(13-11-19)30(28,29)26-16-15-23(24)14-6-5-9-21(23)22(26)18-7-3-2-4-8-18/h2-4,7-8,10-13,21-22H,5-6,9,14-16H2,1H3,(H,25,27)/t21-,22-,23-/m1/s1. The number of sulfonamides is 1. The van der Waals surface area contributed by atoms with Crippen LogP contribution in [0.4, 0.5) is 5.69 Å². The van der Waals surface area contributed by atoms with E-state index in [4.69, 9.17) is 11.6 Å². The summed E-state index contributed by atoms with van der Waals surface area (Å²) in [6.07, 6.45) is 4.69. The van der Waals surface area contributed by atoms with Crippen LogP contribution in [0.3, 0.4) is 0 Å². The lowest BCUT2D eigenvalue weighted by Crippen LogP contribution is -2.53. The van der Waals surface area contributed by atoms with Gasteiger partial charge in [-0.3, -0.25) is 4.79 Å². The van der Waals surface area contributed by atoms with Crippen molar-refractivity contribution in [1.29, 1.82) is 0 Å². The Morgan fingerprint density at radius 3 is 2.43 bits per heavy atom. The van der Waals surface area contributed by atoms with Crippen LogP contribution in [0.2, 0.25) is 0 Å². The van der Waals surface area contributed by atoms with Crippen LogP contribution in [0.15, 0.2) is 59.5 Å². The van der Waals surface area contributed by atoms with Gasteiger partial charge in [-0.1, -0.05) is 43.2 Å². The first-order valence-electron chi connectivity index (χ1n) is 10.4. The van der Waals surface area contributed by atoms with Crippen LogP contribution in [0.25, 0.3) is 0 Å². The van der Waals surface area contributed by atoms with Crippen molar-refractivity contribution in [2.24, 2.45) is 5.92 Å². The first-order chi connectivity index (χ1) is 14.3. The molecule has 1 saturated heterocycles. The van der Waals surface area contributed by atoms with Crippen LogP contribution < -0.4 is 5.32 Å². The maximum atomic E-state index is 13.7. The SMILES string of the molecule is CC(=O)Nc1ccc(S(=O)(=O)N2CC[C@]3(Cl)CCCC[C@@H]3[C@H]2c2ccccc2)cc1. The van der Waals surface area contributed by atoms with Gasteiger partial charge in [0.05, 0.1) is 15.8 Å². The minimum absolute atomic E-state index is 0.0810. The number of hydrogen-bond donors (Lipinski definition) is 1. The van der Waals surface area contributed by atoms with E-state index in [0.717, 1.165) is 31.2 Å². The molecule has 0 aromatic heterocycles. The minimum Gasteiger partial charge on any atom is -0.326 e. The first-order valence-corrected chi connectivity index (χ1v) is 12.3. The summed E-state index contributed by atoms with van der Waals surface area (Å²) >= 11 is 7.09. The number of alkyl halides is 1. The zero-order chi connectivity index (χ0) is 21.4. The molecule has 1 aliphatic heterocycles. The first kappa shape index (κ1) is 21.3. The number of nitrogens with zero attached hydrogens (tertiary/aromatic N) is 1. The fraction of sp³-hybridized carbons (Fsp3) is 0.435. The van der Waals surface area contributed by atoms with Crippen molar-refractivity contribution < 1.29 is 13.2 Å². The van der Waals surface area contributed by atoms with Crippen molar-refractivity contribution in [1.82, 2.24) is 4.31 Å². The van der Waals surface area contributed by atoms with Gasteiger partial charge in [0, 0.05) is 19.2 Å². The Bertz CT molecular complexity index is 1010. The third kappa shape index (κ3) is 4.01. The van der Waals surface area contributed by atoms with Crippen LogP contribution in [0.1, 0.15) is 50.6 Å². The molecule has 1 heterocycles. The Balaban J connectivity index is 1.72. The van der Waals surface area contributed by atoms with E-state index in [9.17, 15) is 13.2 Å². The molecule has 0 spiro atoms. The Kier molecular flexibility index (Phi) is 5.93. The quantitative estimate of drug-likeness (QED) is 0.676. The summed E-state index contributed by atoms with van der Waals surface area (Å²) in [5.74, 6) is -0.112. The van der Waals surface area contributed by atoms with E-state index in [1.807, 2.05) is 30.3 Å². The van der Waals surface area contributed by atoms with E-state index in [1.54, 1.807) is 28.6 Å².